The second kappa shape index (κ2) is 5.30. The molecule has 0 saturated carbocycles. The van der Waals surface area contributed by atoms with Gasteiger partial charge in [-0.2, -0.15) is 0 Å². The topological polar surface area (TPSA) is 61.0 Å². The summed E-state index contributed by atoms with van der Waals surface area (Å²) in [6.45, 7) is 2.59. The van der Waals surface area contributed by atoms with E-state index in [1.54, 1.807) is 24.7 Å². The van der Waals surface area contributed by atoms with E-state index >= 15 is 0 Å². The van der Waals surface area contributed by atoms with Crippen LogP contribution in [0.5, 0.6) is 5.75 Å². The lowest BCUT2D eigenvalue weighted by molar-refractivity contribution is 0.338. The molecule has 0 aliphatic carbocycles. The average molecular weight is 229 g/mol. The highest BCUT2D eigenvalue weighted by Gasteiger charge is 2.02. The Labute approximate surface area is 100 Å². The fourth-order valence-corrected chi connectivity index (χ4v) is 1.61. The van der Waals surface area contributed by atoms with Crippen molar-refractivity contribution in [2.24, 2.45) is 0 Å². The molecule has 88 valence electrons. The number of nitrogens with two attached hydrogens (primary N) is 1. The highest BCUT2D eigenvalue weighted by molar-refractivity contribution is 5.46. The molecule has 0 aliphatic heterocycles. The van der Waals surface area contributed by atoms with Gasteiger partial charge in [-0.05, 0) is 30.2 Å². The van der Waals surface area contributed by atoms with E-state index in [0.29, 0.717) is 13.0 Å². The molecular formula is C13H15N3O. The standard InChI is InChI=1S/C13H15N3O/c1-2-17-12-6-10(7-16-9-12)5-11-8-15-4-3-13(11)14/h3-4,6-9H,2,5H2,1H3,(H2,14,15). The van der Waals surface area contributed by atoms with Gasteiger partial charge in [0.1, 0.15) is 5.75 Å². The van der Waals surface area contributed by atoms with Crippen LogP contribution >= 0.6 is 0 Å². The number of pyridine rings is 2. The first-order valence-corrected chi connectivity index (χ1v) is 5.54. The molecule has 2 N–H and O–H groups in total. The molecule has 0 amide bonds. The molecule has 0 atom stereocenters. The first kappa shape index (κ1) is 11.4. The molecule has 4 nitrogen and oxygen atoms in total. The van der Waals surface area contributed by atoms with Crippen molar-refractivity contribution in [2.45, 2.75) is 13.3 Å². The first-order valence-electron chi connectivity index (χ1n) is 5.54. The van der Waals surface area contributed by atoms with Gasteiger partial charge in [0.2, 0.25) is 0 Å². The molecule has 0 saturated heterocycles. The maximum atomic E-state index is 5.87. The first-order chi connectivity index (χ1) is 8.29. The molecule has 0 fully saturated rings. The number of nitrogens with zero attached hydrogens (tertiary/aromatic N) is 2. The predicted molar refractivity (Wildman–Crippen MR) is 66.9 cm³/mol. The lowest BCUT2D eigenvalue weighted by Gasteiger charge is -2.07. The third-order valence-corrected chi connectivity index (χ3v) is 2.42. The van der Waals surface area contributed by atoms with Crippen LogP contribution in [0.15, 0.2) is 36.9 Å². The van der Waals surface area contributed by atoms with Crippen LogP contribution in [0.25, 0.3) is 0 Å². The van der Waals surface area contributed by atoms with Crippen LogP contribution in [0.3, 0.4) is 0 Å². The maximum absolute atomic E-state index is 5.87. The van der Waals surface area contributed by atoms with E-state index in [9.17, 15) is 0 Å². The summed E-state index contributed by atoms with van der Waals surface area (Å²) in [7, 11) is 0. The monoisotopic (exact) mass is 229 g/mol. The molecule has 2 rings (SSSR count). The van der Waals surface area contributed by atoms with Gasteiger partial charge in [0.25, 0.3) is 0 Å². The van der Waals surface area contributed by atoms with E-state index in [1.165, 1.54) is 0 Å². The SMILES string of the molecule is CCOc1cncc(Cc2cnccc2N)c1. The van der Waals surface area contributed by atoms with Gasteiger partial charge in [-0.1, -0.05) is 0 Å². The van der Waals surface area contributed by atoms with Crippen molar-refractivity contribution in [1.29, 1.82) is 0 Å². The highest BCUT2D eigenvalue weighted by atomic mass is 16.5. The minimum absolute atomic E-state index is 0.639. The van der Waals surface area contributed by atoms with Crippen molar-refractivity contribution in [3.63, 3.8) is 0 Å². The lowest BCUT2D eigenvalue weighted by atomic mass is 10.1. The van der Waals surface area contributed by atoms with Gasteiger partial charge in [0, 0.05) is 30.7 Å². The zero-order valence-electron chi connectivity index (χ0n) is 9.76. The Hall–Kier alpha value is -2.10. The van der Waals surface area contributed by atoms with Crippen LogP contribution in [0.4, 0.5) is 5.69 Å². The number of anilines is 1. The molecule has 2 aromatic heterocycles. The van der Waals surface area contributed by atoms with Crippen LogP contribution < -0.4 is 10.5 Å². The number of rotatable bonds is 4. The Kier molecular flexibility index (Phi) is 3.55. The van der Waals surface area contributed by atoms with E-state index in [1.807, 2.05) is 19.2 Å². The summed E-state index contributed by atoms with van der Waals surface area (Å²) in [6.07, 6.45) is 7.71. The Bertz CT molecular complexity index is 500. The van der Waals surface area contributed by atoms with Crippen molar-refractivity contribution in [3.8, 4) is 5.75 Å². The molecule has 0 unspecified atom stereocenters. The Morgan fingerprint density at radius 1 is 1.24 bits per heavy atom. The van der Waals surface area contributed by atoms with Crippen LogP contribution in [-0.2, 0) is 6.42 Å². The number of hydrogen-bond acceptors (Lipinski definition) is 4. The largest absolute Gasteiger partial charge is 0.492 e. The third-order valence-electron chi connectivity index (χ3n) is 2.42. The van der Waals surface area contributed by atoms with E-state index < -0.39 is 0 Å². The zero-order valence-corrected chi connectivity index (χ0v) is 9.76. The molecule has 2 heterocycles. The second-order valence-corrected chi connectivity index (χ2v) is 3.71. The van der Waals surface area contributed by atoms with Gasteiger partial charge in [-0.25, -0.2) is 0 Å². The molecule has 0 aromatic carbocycles. The van der Waals surface area contributed by atoms with Crippen LogP contribution in [-0.4, -0.2) is 16.6 Å². The lowest BCUT2D eigenvalue weighted by Crippen LogP contribution is -1.98. The Morgan fingerprint density at radius 3 is 2.88 bits per heavy atom. The molecule has 0 spiro atoms. The number of aromatic nitrogens is 2. The highest BCUT2D eigenvalue weighted by Crippen LogP contribution is 2.17. The molecule has 0 radical (unpaired) electrons. The van der Waals surface area contributed by atoms with Crippen LogP contribution in [0.2, 0.25) is 0 Å². The molecule has 17 heavy (non-hydrogen) atoms. The van der Waals surface area contributed by atoms with Gasteiger partial charge in [0.05, 0.1) is 12.8 Å². The minimum Gasteiger partial charge on any atom is -0.492 e. The predicted octanol–water partition coefficient (Wildman–Crippen LogP) is 2.05. The summed E-state index contributed by atoms with van der Waals surface area (Å²) in [5, 5.41) is 0. The number of nitrogen functional groups attached to an aromatic ring is 1. The van der Waals surface area contributed by atoms with Crippen molar-refractivity contribution < 1.29 is 4.74 Å². The van der Waals surface area contributed by atoms with Crippen LogP contribution in [0.1, 0.15) is 18.1 Å². The van der Waals surface area contributed by atoms with Crippen molar-refractivity contribution in [2.75, 3.05) is 12.3 Å². The van der Waals surface area contributed by atoms with Gasteiger partial charge in [0.15, 0.2) is 0 Å². The van der Waals surface area contributed by atoms with Crippen molar-refractivity contribution in [1.82, 2.24) is 9.97 Å². The molecule has 0 aliphatic rings. The van der Waals surface area contributed by atoms with Gasteiger partial charge in [-0.3, -0.25) is 9.97 Å². The second-order valence-electron chi connectivity index (χ2n) is 3.71. The fraction of sp³-hybridized carbons (Fsp3) is 0.231. The summed E-state index contributed by atoms with van der Waals surface area (Å²) in [5.41, 5.74) is 8.69. The fourth-order valence-electron chi connectivity index (χ4n) is 1.61. The quantitative estimate of drug-likeness (QED) is 0.871. The number of ether oxygens (including phenoxy) is 1. The van der Waals surface area contributed by atoms with Gasteiger partial charge in [-0.15, -0.1) is 0 Å². The summed E-state index contributed by atoms with van der Waals surface area (Å²) in [6, 6.07) is 3.78. The molecule has 4 heteroatoms. The third kappa shape index (κ3) is 2.93. The van der Waals surface area contributed by atoms with Crippen LogP contribution in [0, 0.1) is 0 Å². The van der Waals surface area contributed by atoms with E-state index in [0.717, 1.165) is 22.6 Å². The smallest absolute Gasteiger partial charge is 0.137 e. The minimum atomic E-state index is 0.639. The average Bonchev–Trinajstić information content (AvgIpc) is 2.33. The normalized spacial score (nSPS) is 10.2. The maximum Gasteiger partial charge on any atom is 0.137 e. The Morgan fingerprint density at radius 2 is 2.12 bits per heavy atom. The molecule has 0 bridgehead atoms. The number of hydrogen-bond donors (Lipinski definition) is 1. The summed E-state index contributed by atoms with van der Waals surface area (Å²) in [5.74, 6) is 0.785. The van der Waals surface area contributed by atoms with E-state index in [2.05, 4.69) is 9.97 Å². The van der Waals surface area contributed by atoms with Gasteiger partial charge < -0.3 is 10.5 Å². The molecule has 2 aromatic rings. The molecular weight excluding hydrogens is 214 g/mol. The van der Waals surface area contributed by atoms with Crippen molar-refractivity contribution >= 4 is 5.69 Å². The summed E-state index contributed by atoms with van der Waals surface area (Å²) >= 11 is 0. The van der Waals surface area contributed by atoms with E-state index in [-0.39, 0.29) is 0 Å². The summed E-state index contributed by atoms with van der Waals surface area (Å²) in [4.78, 5) is 8.21. The Balaban J connectivity index is 2.18. The summed E-state index contributed by atoms with van der Waals surface area (Å²) < 4.78 is 5.41. The van der Waals surface area contributed by atoms with Gasteiger partial charge >= 0.3 is 0 Å². The zero-order chi connectivity index (χ0) is 12.1. The van der Waals surface area contributed by atoms with Crippen molar-refractivity contribution in [3.05, 3.63) is 48.0 Å². The van der Waals surface area contributed by atoms with E-state index in [4.69, 9.17) is 10.5 Å².